The fourth-order valence-electron chi connectivity index (χ4n) is 3.59. The zero-order chi connectivity index (χ0) is 16.2. The summed E-state index contributed by atoms with van der Waals surface area (Å²) in [6.45, 7) is 2.55. The molecule has 6 nitrogen and oxygen atoms in total. The Morgan fingerprint density at radius 3 is 2.74 bits per heavy atom. The Kier molecular flexibility index (Phi) is 5.33. The van der Waals surface area contributed by atoms with Gasteiger partial charge in [-0.1, -0.05) is 19.3 Å². The minimum atomic E-state index is 0.114. The molecular formula is C17H28N4O2. The van der Waals surface area contributed by atoms with Gasteiger partial charge in [0.1, 0.15) is 12.4 Å². The molecule has 1 aliphatic carbocycles. The molecule has 0 spiro atoms. The zero-order valence-electron chi connectivity index (χ0n) is 14.3. The van der Waals surface area contributed by atoms with Gasteiger partial charge in [-0.15, -0.1) is 0 Å². The van der Waals surface area contributed by atoms with E-state index in [1.54, 1.807) is 0 Å². The molecule has 1 atom stereocenters. The molecule has 1 saturated carbocycles. The smallest absolute Gasteiger partial charge is 0.248 e. The van der Waals surface area contributed by atoms with Crippen LogP contribution in [0, 0.1) is 0 Å². The van der Waals surface area contributed by atoms with Crippen LogP contribution in [0.4, 0.5) is 0 Å². The first-order chi connectivity index (χ1) is 11.1. The van der Waals surface area contributed by atoms with Crippen LogP contribution in [0.25, 0.3) is 0 Å². The lowest BCUT2D eigenvalue weighted by atomic mass is 9.98. The average molecular weight is 320 g/mol. The number of nitrogens with zero attached hydrogens (tertiary/aromatic N) is 4. The minimum absolute atomic E-state index is 0.114. The fraction of sp³-hybridized carbons (Fsp3) is 0.765. The van der Waals surface area contributed by atoms with Crippen molar-refractivity contribution >= 4 is 5.91 Å². The van der Waals surface area contributed by atoms with Crippen molar-refractivity contribution in [1.29, 1.82) is 0 Å². The maximum Gasteiger partial charge on any atom is 0.248 e. The van der Waals surface area contributed by atoms with Gasteiger partial charge in [0.15, 0.2) is 0 Å². The molecule has 1 amide bonds. The summed E-state index contributed by atoms with van der Waals surface area (Å²) in [5, 5.41) is 0. The van der Waals surface area contributed by atoms with E-state index in [4.69, 9.17) is 4.74 Å². The third-order valence-electron chi connectivity index (χ3n) is 5.15. The van der Waals surface area contributed by atoms with Crippen LogP contribution < -0.4 is 0 Å². The third-order valence-corrected chi connectivity index (χ3v) is 5.15. The molecule has 1 aromatic heterocycles. The van der Waals surface area contributed by atoms with Crippen LogP contribution in [-0.2, 0) is 16.6 Å². The molecule has 1 aromatic rings. The van der Waals surface area contributed by atoms with Crippen molar-refractivity contribution in [1.82, 2.24) is 19.4 Å². The predicted octanol–water partition coefficient (Wildman–Crippen LogP) is 1.58. The summed E-state index contributed by atoms with van der Waals surface area (Å²) in [6, 6.07) is 0.155. The van der Waals surface area contributed by atoms with Crippen LogP contribution >= 0.6 is 0 Å². The number of aromatic nitrogens is 2. The summed E-state index contributed by atoms with van der Waals surface area (Å²) in [5.41, 5.74) is 0. The molecule has 1 unspecified atom stereocenters. The van der Waals surface area contributed by atoms with Crippen molar-refractivity contribution in [3.05, 3.63) is 18.2 Å². The Labute approximate surface area is 138 Å². The van der Waals surface area contributed by atoms with Gasteiger partial charge in [-0.25, -0.2) is 4.98 Å². The average Bonchev–Trinajstić information content (AvgIpc) is 3.00. The lowest BCUT2D eigenvalue weighted by Crippen LogP contribution is -2.50. The predicted molar refractivity (Wildman–Crippen MR) is 88.0 cm³/mol. The van der Waals surface area contributed by atoms with Crippen LogP contribution in [0.15, 0.2) is 12.4 Å². The summed E-state index contributed by atoms with van der Waals surface area (Å²) in [7, 11) is 4.10. The lowest BCUT2D eigenvalue weighted by Gasteiger charge is -2.39. The second-order valence-electron chi connectivity index (χ2n) is 6.80. The Bertz CT molecular complexity index is 524. The second-order valence-corrected chi connectivity index (χ2v) is 6.80. The number of carbonyl (C=O) groups excluding carboxylic acids is 1. The second kappa shape index (κ2) is 7.45. The van der Waals surface area contributed by atoms with Crippen LogP contribution in [0.5, 0.6) is 0 Å². The van der Waals surface area contributed by atoms with Crippen molar-refractivity contribution in [2.45, 2.75) is 44.2 Å². The van der Waals surface area contributed by atoms with E-state index in [0.29, 0.717) is 6.54 Å². The van der Waals surface area contributed by atoms with Crippen LogP contribution in [0.3, 0.4) is 0 Å². The summed E-state index contributed by atoms with van der Waals surface area (Å²) < 4.78 is 7.88. The molecular weight excluding hydrogens is 292 g/mol. The number of hydrogen-bond donors (Lipinski definition) is 0. The maximum absolute atomic E-state index is 12.5. The number of aryl methyl sites for hydroxylation is 1. The molecule has 2 aliphatic rings. The highest BCUT2D eigenvalue weighted by Crippen LogP contribution is 2.23. The molecule has 3 rings (SSSR count). The molecule has 0 N–H and O–H groups in total. The third kappa shape index (κ3) is 3.93. The van der Waals surface area contributed by atoms with E-state index in [9.17, 15) is 4.79 Å². The van der Waals surface area contributed by atoms with Gasteiger partial charge in [0.05, 0.1) is 12.1 Å². The molecule has 0 bridgehead atoms. The number of amides is 1. The Morgan fingerprint density at radius 1 is 1.26 bits per heavy atom. The van der Waals surface area contributed by atoms with E-state index in [2.05, 4.69) is 16.9 Å². The molecule has 2 fully saturated rings. The molecule has 6 heteroatoms. The van der Waals surface area contributed by atoms with Gasteiger partial charge in [0, 0.05) is 39.1 Å². The monoisotopic (exact) mass is 320 g/mol. The number of imidazole rings is 1. The quantitative estimate of drug-likeness (QED) is 0.845. The normalized spacial score (nSPS) is 24.1. The molecule has 1 aliphatic heterocycles. The summed E-state index contributed by atoms with van der Waals surface area (Å²) in [6.07, 6.45) is 10.0. The Balaban J connectivity index is 1.55. The highest BCUT2D eigenvalue weighted by atomic mass is 16.5. The van der Waals surface area contributed by atoms with Crippen molar-refractivity contribution in [3.63, 3.8) is 0 Å². The highest BCUT2D eigenvalue weighted by molar-refractivity contribution is 5.77. The molecule has 23 heavy (non-hydrogen) atoms. The Hall–Kier alpha value is -1.40. The minimum Gasteiger partial charge on any atom is -0.368 e. The van der Waals surface area contributed by atoms with E-state index in [-0.39, 0.29) is 24.7 Å². The standard InChI is InChI=1S/C17H28N4O2/c1-19-10-11-21(12-15(19)17-18-8-9-20(17)2)16(22)13-23-14-6-4-3-5-7-14/h8-9,14-15H,3-7,10-13H2,1-2H3. The van der Waals surface area contributed by atoms with Crippen LogP contribution in [0.2, 0.25) is 0 Å². The van der Waals surface area contributed by atoms with Crippen molar-refractivity contribution in [3.8, 4) is 0 Å². The van der Waals surface area contributed by atoms with Crippen molar-refractivity contribution in [2.75, 3.05) is 33.3 Å². The van der Waals surface area contributed by atoms with Crippen molar-refractivity contribution < 1.29 is 9.53 Å². The SMILES string of the molecule is CN1CCN(C(=O)COC2CCCCC2)CC1c1nccn1C. The number of carbonyl (C=O) groups is 1. The van der Waals surface area contributed by atoms with E-state index >= 15 is 0 Å². The lowest BCUT2D eigenvalue weighted by molar-refractivity contribution is -0.141. The van der Waals surface area contributed by atoms with E-state index in [1.807, 2.05) is 28.9 Å². The molecule has 0 radical (unpaired) electrons. The fourth-order valence-corrected chi connectivity index (χ4v) is 3.59. The number of rotatable bonds is 4. The number of hydrogen-bond acceptors (Lipinski definition) is 4. The van der Waals surface area contributed by atoms with Gasteiger partial charge < -0.3 is 14.2 Å². The molecule has 2 heterocycles. The first-order valence-corrected chi connectivity index (χ1v) is 8.72. The van der Waals surface area contributed by atoms with Crippen LogP contribution in [-0.4, -0.2) is 64.7 Å². The van der Waals surface area contributed by atoms with E-state index in [0.717, 1.165) is 31.8 Å². The number of piperazine rings is 1. The summed E-state index contributed by atoms with van der Waals surface area (Å²) in [5.74, 6) is 1.13. The number of ether oxygens (including phenoxy) is 1. The van der Waals surface area contributed by atoms with Crippen LogP contribution in [0.1, 0.15) is 44.0 Å². The van der Waals surface area contributed by atoms with Gasteiger partial charge in [-0.05, 0) is 19.9 Å². The largest absolute Gasteiger partial charge is 0.368 e. The highest BCUT2D eigenvalue weighted by Gasteiger charge is 2.31. The van der Waals surface area contributed by atoms with E-state index < -0.39 is 0 Å². The van der Waals surface area contributed by atoms with Gasteiger partial charge in [0.25, 0.3) is 0 Å². The first kappa shape index (κ1) is 16.5. The molecule has 0 aromatic carbocycles. The first-order valence-electron chi connectivity index (χ1n) is 8.72. The molecule has 1 saturated heterocycles. The molecule has 128 valence electrons. The topological polar surface area (TPSA) is 50.6 Å². The van der Waals surface area contributed by atoms with Crippen molar-refractivity contribution in [2.24, 2.45) is 7.05 Å². The zero-order valence-corrected chi connectivity index (χ0v) is 14.3. The van der Waals surface area contributed by atoms with Gasteiger partial charge >= 0.3 is 0 Å². The maximum atomic E-state index is 12.5. The Morgan fingerprint density at radius 2 is 2.04 bits per heavy atom. The summed E-state index contributed by atoms with van der Waals surface area (Å²) >= 11 is 0. The van der Waals surface area contributed by atoms with Gasteiger partial charge in [-0.2, -0.15) is 0 Å². The number of likely N-dealkylation sites (N-methyl/N-ethyl adjacent to an activating group) is 1. The van der Waals surface area contributed by atoms with Gasteiger partial charge in [0.2, 0.25) is 5.91 Å². The van der Waals surface area contributed by atoms with E-state index in [1.165, 1.54) is 19.3 Å². The van der Waals surface area contributed by atoms with Gasteiger partial charge in [-0.3, -0.25) is 9.69 Å². The summed E-state index contributed by atoms with van der Waals surface area (Å²) in [4.78, 5) is 21.2.